The second-order valence-corrected chi connectivity index (χ2v) is 6.20. The highest BCUT2D eigenvalue weighted by molar-refractivity contribution is 5.76. The van der Waals surface area contributed by atoms with Crippen molar-refractivity contribution in [3.05, 3.63) is 35.6 Å². The number of nitrogens with zero attached hydrogens (tertiary/aromatic N) is 1. The number of piperidine rings is 1. The zero-order valence-electron chi connectivity index (χ0n) is 12.7. The van der Waals surface area contributed by atoms with Crippen LogP contribution in [0, 0.1) is 17.7 Å². The van der Waals surface area contributed by atoms with E-state index in [0.29, 0.717) is 12.3 Å². The van der Waals surface area contributed by atoms with E-state index in [0.717, 1.165) is 44.5 Å². The van der Waals surface area contributed by atoms with E-state index in [1.54, 1.807) is 12.1 Å². The molecule has 2 rings (SSSR count). The lowest BCUT2D eigenvalue weighted by molar-refractivity contribution is -0.133. The highest BCUT2D eigenvalue weighted by Crippen LogP contribution is 2.19. The Labute approximate surface area is 126 Å². The second kappa shape index (κ2) is 7.55. The summed E-state index contributed by atoms with van der Waals surface area (Å²) in [7, 11) is 0. The maximum absolute atomic E-state index is 13.2. The van der Waals surface area contributed by atoms with Crippen molar-refractivity contribution >= 4 is 5.91 Å². The first-order valence-corrected chi connectivity index (χ1v) is 7.80. The van der Waals surface area contributed by atoms with Gasteiger partial charge in [0, 0.05) is 19.5 Å². The molecule has 1 aliphatic rings. The molecule has 1 aromatic rings. The summed E-state index contributed by atoms with van der Waals surface area (Å²) in [6.07, 6.45) is 3.30. The summed E-state index contributed by atoms with van der Waals surface area (Å²) in [5, 5.41) is 0. The molecular formula is C17H25FN2O. The predicted octanol–water partition coefficient (Wildman–Crippen LogP) is 2.59. The summed E-state index contributed by atoms with van der Waals surface area (Å²) in [6.45, 7) is 4.42. The van der Waals surface area contributed by atoms with Crippen LogP contribution in [0.15, 0.2) is 24.3 Å². The Morgan fingerprint density at radius 3 is 2.76 bits per heavy atom. The van der Waals surface area contributed by atoms with Crippen LogP contribution < -0.4 is 5.73 Å². The van der Waals surface area contributed by atoms with Crippen LogP contribution >= 0.6 is 0 Å². The molecule has 0 saturated carbocycles. The van der Waals surface area contributed by atoms with Gasteiger partial charge < -0.3 is 10.6 Å². The van der Waals surface area contributed by atoms with Gasteiger partial charge in [0.1, 0.15) is 5.82 Å². The minimum Gasteiger partial charge on any atom is -0.343 e. The van der Waals surface area contributed by atoms with Crippen LogP contribution in [0.25, 0.3) is 0 Å². The molecule has 0 aliphatic carbocycles. The van der Waals surface area contributed by atoms with Gasteiger partial charge in [-0.15, -0.1) is 0 Å². The normalized spacial score (nSPS) is 17.8. The number of benzene rings is 1. The van der Waals surface area contributed by atoms with Crippen molar-refractivity contribution in [2.75, 3.05) is 19.6 Å². The maximum Gasteiger partial charge on any atom is 0.222 e. The number of rotatable bonds is 5. The second-order valence-electron chi connectivity index (χ2n) is 6.20. The van der Waals surface area contributed by atoms with E-state index in [2.05, 4.69) is 6.92 Å². The maximum atomic E-state index is 13.2. The fourth-order valence-corrected chi connectivity index (χ4v) is 2.98. The average molecular weight is 292 g/mol. The number of nitrogens with two attached hydrogens (primary N) is 1. The number of carbonyl (C=O) groups excluding carboxylic acids is 1. The molecule has 1 aliphatic heterocycles. The van der Waals surface area contributed by atoms with Crippen molar-refractivity contribution in [3.63, 3.8) is 0 Å². The smallest absolute Gasteiger partial charge is 0.222 e. The number of carbonyl (C=O) groups is 1. The number of hydrogen-bond donors (Lipinski definition) is 1. The van der Waals surface area contributed by atoms with Gasteiger partial charge in [0.2, 0.25) is 5.91 Å². The number of amides is 1. The van der Waals surface area contributed by atoms with Crippen LogP contribution in [0.1, 0.15) is 31.7 Å². The average Bonchev–Trinajstić information content (AvgIpc) is 2.47. The van der Waals surface area contributed by atoms with E-state index in [1.165, 1.54) is 6.07 Å². The minimum absolute atomic E-state index is 0.213. The monoisotopic (exact) mass is 292 g/mol. The fraction of sp³-hybridized carbons (Fsp3) is 0.588. The molecule has 21 heavy (non-hydrogen) atoms. The summed E-state index contributed by atoms with van der Waals surface area (Å²) >= 11 is 0. The first-order chi connectivity index (χ1) is 10.1. The molecule has 1 atom stereocenters. The quantitative estimate of drug-likeness (QED) is 0.906. The van der Waals surface area contributed by atoms with Crippen LogP contribution in [-0.4, -0.2) is 30.4 Å². The number of hydrogen-bond acceptors (Lipinski definition) is 2. The summed E-state index contributed by atoms with van der Waals surface area (Å²) < 4.78 is 13.2. The van der Waals surface area contributed by atoms with Crippen LogP contribution in [0.4, 0.5) is 4.39 Å². The Balaban J connectivity index is 1.79. The molecular weight excluding hydrogens is 267 g/mol. The van der Waals surface area contributed by atoms with Crippen molar-refractivity contribution in [1.29, 1.82) is 0 Å². The van der Waals surface area contributed by atoms with E-state index in [4.69, 9.17) is 5.73 Å². The van der Waals surface area contributed by atoms with Gasteiger partial charge >= 0.3 is 0 Å². The van der Waals surface area contributed by atoms with Crippen molar-refractivity contribution in [3.8, 4) is 0 Å². The molecule has 0 aromatic heterocycles. The molecule has 3 nitrogen and oxygen atoms in total. The van der Waals surface area contributed by atoms with E-state index in [-0.39, 0.29) is 17.6 Å². The predicted molar refractivity (Wildman–Crippen MR) is 82.2 cm³/mol. The van der Waals surface area contributed by atoms with E-state index in [1.807, 2.05) is 11.0 Å². The first kappa shape index (κ1) is 16.0. The molecule has 1 heterocycles. The standard InChI is InChI=1S/C17H25FN2O/c1-13(9-15-3-2-4-16(18)11-15)10-17(21)20-7-5-14(12-19)6-8-20/h2-4,11,13-14H,5-10,12,19H2,1H3. The lowest BCUT2D eigenvalue weighted by atomic mass is 9.94. The number of halogens is 1. The van der Waals surface area contributed by atoms with Gasteiger partial charge in [-0.25, -0.2) is 4.39 Å². The largest absolute Gasteiger partial charge is 0.343 e. The van der Waals surface area contributed by atoms with Crippen molar-refractivity contribution < 1.29 is 9.18 Å². The van der Waals surface area contributed by atoms with Gasteiger partial charge in [0.25, 0.3) is 0 Å². The van der Waals surface area contributed by atoms with Gasteiger partial charge in [-0.05, 0) is 55.3 Å². The highest BCUT2D eigenvalue weighted by atomic mass is 19.1. The molecule has 2 N–H and O–H groups in total. The zero-order valence-corrected chi connectivity index (χ0v) is 12.7. The SMILES string of the molecule is CC(CC(=O)N1CCC(CN)CC1)Cc1cccc(F)c1. The molecule has 1 aromatic carbocycles. The minimum atomic E-state index is -0.213. The topological polar surface area (TPSA) is 46.3 Å². The fourth-order valence-electron chi connectivity index (χ4n) is 2.98. The summed E-state index contributed by atoms with van der Waals surface area (Å²) in [6, 6.07) is 6.63. The third-order valence-electron chi connectivity index (χ3n) is 4.30. The van der Waals surface area contributed by atoms with Crippen molar-refractivity contribution in [2.24, 2.45) is 17.6 Å². The first-order valence-electron chi connectivity index (χ1n) is 7.80. The zero-order chi connectivity index (χ0) is 15.2. The lowest BCUT2D eigenvalue weighted by Crippen LogP contribution is -2.40. The molecule has 4 heteroatoms. The summed E-state index contributed by atoms with van der Waals surface area (Å²) in [5.74, 6) is 0.801. The van der Waals surface area contributed by atoms with Crippen molar-refractivity contribution in [1.82, 2.24) is 4.90 Å². The molecule has 0 radical (unpaired) electrons. The summed E-state index contributed by atoms with van der Waals surface area (Å²) in [5.41, 5.74) is 6.63. The molecule has 116 valence electrons. The van der Waals surface area contributed by atoms with Crippen LogP contribution in [0.3, 0.4) is 0 Å². The summed E-state index contributed by atoms with van der Waals surface area (Å²) in [4.78, 5) is 14.2. The molecule has 1 amide bonds. The van der Waals surface area contributed by atoms with Gasteiger partial charge in [-0.1, -0.05) is 19.1 Å². The molecule has 1 saturated heterocycles. The third-order valence-corrected chi connectivity index (χ3v) is 4.30. The van der Waals surface area contributed by atoms with E-state index in [9.17, 15) is 9.18 Å². The van der Waals surface area contributed by atoms with Crippen molar-refractivity contribution in [2.45, 2.75) is 32.6 Å². The highest BCUT2D eigenvalue weighted by Gasteiger charge is 2.23. The van der Waals surface area contributed by atoms with Gasteiger partial charge in [0.15, 0.2) is 0 Å². The lowest BCUT2D eigenvalue weighted by Gasteiger charge is -2.32. The van der Waals surface area contributed by atoms with Crippen LogP contribution in [0.5, 0.6) is 0 Å². The van der Waals surface area contributed by atoms with E-state index >= 15 is 0 Å². The van der Waals surface area contributed by atoms with Gasteiger partial charge in [-0.2, -0.15) is 0 Å². The molecule has 0 bridgehead atoms. The molecule has 1 fully saturated rings. The molecule has 0 spiro atoms. The Kier molecular flexibility index (Phi) is 5.74. The Bertz CT molecular complexity index is 470. The number of likely N-dealkylation sites (tertiary alicyclic amines) is 1. The van der Waals surface area contributed by atoms with Gasteiger partial charge in [0.05, 0.1) is 0 Å². The van der Waals surface area contributed by atoms with Crippen LogP contribution in [0.2, 0.25) is 0 Å². The van der Waals surface area contributed by atoms with Gasteiger partial charge in [-0.3, -0.25) is 4.79 Å². The van der Waals surface area contributed by atoms with E-state index < -0.39 is 0 Å². The third kappa shape index (κ3) is 4.81. The Morgan fingerprint density at radius 2 is 2.14 bits per heavy atom. The Morgan fingerprint density at radius 1 is 1.43 bits per heavy atom. The Hall–Kier alpha value is -1.42. The molecule has 1 unspecified atom stereocenters. The van der Waals surface area contributed by atoms with Crippen LogP contribution in [-0.2, 0) is 11.2 Å².